The lowest BCUT2D eigenvalue weighted by molar-refractivity contribution is -0.143. The van der Waals surface area contributed by atoms with Gasteiger partial charge in [0.05, 0.1) is 5.92 Å². The van der Waals surface area contributed by atoms with E-state index in [1.54, 1.807) is 18.3 Å². The Labute approximate surface area is 101 Å². The van der Waals surface area contributed by atoms with E-state index in [2.05, 4.69) is 4.98 Å². The van der Waals surface area contributed by atoms with Crippen molar-refractivity contribution in [3.05, 3.63) is 30.1 Å². The number of rotatable bonds is 6. The summed E-state index contributed by atoms with van der Waals surface area (Å²) in [6, 6.07) is 3.33. The van der Waals surface area contributed by atoms with Crippen LogP contribution in [0.4, 0.5) is 0 Å². The van der Waals surface area contributed by atoms with Crippen molar-refractivity contribution in [2.75, 3.05) is 0 Å². The highest BCUT2D eigenvalue weighted by Crippen LogP contribution is 2.21. The van der Waals surface area contributed by atoms with Gasteiger partial charge in [0.25, 0.3) is 0 Å². The van der Waals surface area contributed by atoms with E-state index >= 15 is 0 Å². The molecule has 0 amide bonds. The number of nitrogens with zero attached hydrogens (tertiary/aromatic N) is 1. The van der Waals surface area contributed by atoms with Crippen molar-refractivity contribution in [3.63, 3.8) is 0 Å². The minimum Gasteiger partial charge on any atom is -0.481 e. The van der Waals surface area contributed by atoms with Crippen molar-refractivity contribution in [3.8, 4) is 0 Å². The molecule has 0 aliphatic carbocycles. The Balaban J connectivity index is 2.75. The number of carboxylic acid groups (broad SMARTS) is 1. The molecule has 4 heteroatoms. The summed E-state index contributed by atoms with van der Waals surface area (Å²) in [4.78, 5) is 26.8. The lowest BCUT2D eigenvalue weighted by Crippen LogP contribution is -2.24. The first-order chi connectivity index (χ1) is 8.06. The molecule has 0 spiro atoms. The van der Waals surface area contributed by atoms with E-state index in [9.17, 15) is 9.59 Å². The maximum Gasteiger partial charge on any atom is 0.307 e. The Kier molecular flexibility index (Phi) is 4.82. The number of hydrogen-bond acceptors (Lipinski definition) is 3. The molecule has 0 aliphatic heterocycles. The molecule has 0 aromatic carbocycles. The number of pyridine rings is 1. The molecule has 0 radical (unpaired) electrons. The molecule has 4 nitrogen and oxygen atoms in total. The Hall–Kier alpha value is -1.71. The fourth-order valence-electron chi connectivity index (χ4n) is 1.66. The third-order valence-electron chi connectivity index (χ3n) is 3.04. The summed E-state index contributed by atoms with van der Waals surface area (Å²) >= 11 is 0. The van der Waals surface area contributed by atoms with Gasteiger partial charge in [-0.3, -0.25) is 14.6 Å². The van der Waals surface area contributed by atoms with Gasteiger partial charge in [0.2, 0.25) is 0 Å². The van der Waals surface area contributed by atoms with Crippen molar-refractivity contribution < 1.29 is 14.7 Å². The molecule has 92 valence electrons. The predicted molar refractivity (Wildman–Crippen MR) is 63.8 cm³/mol. The molecule has 2 unspecified atom stereocenters. The fraction of sp³-hybridized carbons (Fsp3) is 0.462. The Morgan fingerprint density at radius 3 is 2.65 bits per heavy atom. The minimum atomic E-state index is -0.906. The van der Waals surface area contributed by atoms with Crippen molar-refractivity contribution >= 4 is 11.8 Å². The van der Waals surface area contributed by atoms with Crippen molar-refractivity contribution in [2.45, 2.75) is 26.7 Å². The van der Waals surface area contributed by atoms with Crippen molar-refractivity contribution in [2.24, 2.45) is 11.8 Å². The summed E-state index contributed by atoms with van der Waals surface area (Å²) in [6.45, 7) is 3.78. The van der Waals surface area contributed by atoms with E-state index in [0.29, 0.717) is 5.56 Å². The normalized spacial score (nSPS) is 14.0. The van der Waals surface area contributed by atoms with E-state index in [1.807, 2.05) is 13.8 Å². The number of carbonyl (C=O) groups excluding carboxylic acids is 1. The van der Waals surface area contributed by atoms with E-state index < -0.39 is 11.9 Å². The molecule has 0 bridgehead atoms. The number of Topliss-reactive ketones (excluding diaryl/α,β-unsaturated/α-hetero) is 1. The second-order valence-corrected chi connectivity index (χ2v) is 4.20. The number of carboxylic acids is 1. The molecular weight excluding hydrogens is 218 g/mol. The second kappa shape index (κ2) is 6.13. The summed E-state index contributed by atoms with van der Waals surface area (Å²) in [5.41, 5.74) is 0.474. The number of aliphatic carboxylic acids is 1. The van der Waals surface area contributed by atoms with Crippen LogP contribution in [0.15, 0.2) is 24.5 Å². The number of ketones is 1. The zero-order valence-electron chi connectivity index (χ0n) is 10.1. The van der Waals surface area contributed by atoms with Crippen LogP contribution in [0, 0.1) is 11.8 Å². The molecule has 1 heterocycles. The smallest absolute Gasteiger partial charge is 0.307 e. The SMILES string of the molecule is CCC(C)C(CC(=O)c1cccnc1)C(=O)O. The van der Waals surface area contributed by atoms with Gasteiger partial charge in [0.15, 0.2) is 5.78 Å². The van der Waals surface area contributed by atoms with Gasteiger partial charge >= 0.3 is 5.97 Å². The molecular formula is C13H17NO3. The predicted octanol–water partition coefficient (Wildman–Crippen LogP) is 2.40. The van der Waals surface area contributed by atoms with Gasteiger partial charge in [-0.25, -0.2) is 0 Å². The third kappa shape index (κ3) is 3.66. The van der Waals surface area contributed by atoms with Gasteiger partial charge in [0, 0.05) is 24.4 Å². The quantitative estimate of drug-likeness (QED) is 0.769. The van der Waals surface area contributed by atoms with Gasteiger partial charge in [-0.05, 0) is 18.1 Å². The highest BCUT2D eigenvalue weighted by atomic mass is 16.4. The van der Waals surface area contributed by atoms with Gasteiger partial charge < -0.3 is 5.11 Å². The molecule has 17 heavy (non-hydrogen) atoms. The maximum atomic E-state index is 11.9. The molecule has 0 saturated carbocycles. The number of hydrogen-bond donors (Lipinski definition) is 1. The van der Waals surface area contributed by atoms with E-state index in [-0.39, 0.29) is 18.1 Å². The standard InChI is InChI=1S/C13H17NO3/c1-3-9(2)11(13(16)17)7-12(15)10-5-4-6-14-8-10/h4-6,8-9,11H,3,7H2,1-2H3,(H,16,17). The van der Waals surface area contributed by atoms with Crippen molar-refractivity contribution in [1.29, 1.82) is 0 Å². The van der Waals surface area contributed by atoms with Crippen LogP contribution in [0.2, 0.25) is 0 Å². The first kappa shape index (κ1) is 13.4. The summed E-state index contributed by atoms with van der Waals surface area (Å²) in [7, 11) is 0. The Morgan fingerprint density at radius 1 is 1.47 bits per heavy atom. The van der Waals surface area contributed by atoms with Gasteiger partial charge in [0.1, 0.15) is 0 Å². The Morgan fingerprint density at radius 2 is 2.18 bits per heavy atom. The number of aromatic nitrogens is 1. The van der Waals surface area contributed by atoms with Crippen molar-refractivity contribution in [1.82, 2.24) is 4.98 Å². The first-order valence-electron chi connectivity index (χ1n) is 5.72. The monoisotopic (exact) mass is 235 g/mol. The third-order valence-corrected chi connectivity index (χ3v) is 3.04. The van der Waals surface area contributed by atoms with E-state index in [1.165, 1.54) is 6.20 Å². The van der Waals surface area contributed by atoms with Crippen LogP contribution in [0.25, 0.3) is 0 Å². The summed E-state index contributed by atoms with van der Waals surface area (Å²) < 4.78 is 0. The summed E-state index contributed by atoms with van der Waals surface area (Å²) in [5.74, 6) is -1.69. The van der Waals surface area contributed by atoms with Crippen LogP contribution >= 0.6 is 0 Å². The highest BCUT2D eigenvalue weighted by Gasteiger charge is 2.26. The van der Waals surface area contributed by atoms with Crippen LogP contribution in [0.3, 0.4) is 0 Å². The second-order valence-electron chi connectivity index (χ2n) is 4.20. The molecule has 0 aliphatic rings. The van der Waals surface area contributed by atoms with Gasteiger partial charge in [-0.2, -0.15) is 0 Å². The van der Waals surface area contributed by atoms with Crippen LogP contribution in [-0.2, 0) is 4.79 Å². The highest BCUT2D eigenvalue weighted by molar-refractivity contribution is 5.97. The molecule has 0 fully saturated rings. The molecule has 1 rings (SSSR count). The summed E-state index contributed by atoms with van der Waals surface area (Å²) in [6.07, 6.45) is 3.84. The minimum absolute atomic E-state index is 0.00637. The van der Waals surface area contributed by atoms with E-state index in [0.717, 1.165) is 6.42 Å². The molecule has 2 atom stereocenters. The molecule has 1 aromatic rings. The van der Waals surface area contributed by atoms with Gasteiger partial charge in [-0.15, -0.1) is 0 Å². The first-order valence-corrected chi connectivity index (χ1v) is 5.72. The zero-order valence-corrected chi connectivity index (χ0v) is 10.1. The largest absolute Gasteiger partial charge is 0.481 e. The fourth-order valence-corrected chi connectivity index (χ4v) is 1.66. The summed E-state index contributed by atoms with van der Waals surface area (Å²) in [5, 5.41) is 9.10. The van der Waals surface area contributed by atoms with Crippen LogP contribution in [0.1, 0.15) is 37.0 Å². The van der Waals surface area contributed by atoms with E-state index in [4.69, 9.17) is 5.11 Å². The Bertz CT molecular complexity index is 389. The molecule has 1 N–H and O–H groups in total. The topological polar surface area (TPSA) is 67.3 Å². The zero-order chi connectivity index (χ0) is 12.8. The van der Waals surface area contributed by atoms with Crippen LogP contribution in [0.5, 0.6) is 0 Å². The van der Waals surface area contributed by atoms with Crippen LogP contribution < -0.4 is 0 Å². The molecule has 0 saturated heterocycles. The molecule has 1 aromatic heterocycles. The average molecular weight is 235 g/mol. The number of carbonyl (C=O) groups is 2. The maximum absolute atomic E-state index is 11.9. The van der Waals surface area contributed by atoms with Crippen LogP contribution in [-0.4, -0.2) is 21.8 Å². The average Bonchev–Trinajstić information content (AvgIpc) is 2.35. The lowest BCUT2D eigenvalue weighted by Gasteiger charge is -2.17. The van der Waals surface area contributed by atoms with Gasteiger partial charge in [-0.1, -0.05) is 20.3 Å². The lowest BCUT2D eigenvalue weighted by atomic mass is 9.86.